The summed E-state index contributed by atoms with van der Waals surface area (Å²) in [5.74, 6) is -0.658. The molecule has 0 unspecified atom stereocenters. The molecule has 8 nitrogen and oxygen atoms in total. The molecule has 0 atom stereocenters. The van der Waals surface area contributed by atoms with Gasteiger partial charge in [0.2, 0.25) is 5.91 Å². The molecule has 1 saturated heterocycles. The summed E-state index contributed by atoms with van der Waals surface area (Å²) in [4.78, 5) is 35.5. The Balaban J connectivity index is 2.46. The van der Waals surface area contributed by atoms with E-state index in [4.69, 9.17) is 10.1 Å². The molecule has 0 radical (unpaired) electrons. The molecule has 1 rings (SSSR count). The van der Waals surface area contributed by atoms with Crippen LogP contribution in [-0.2, 0) is 14.3 Å². The maximum Gasteiger partial charge on any atom is 0.328 e. The number of imide groups is 1. The van der Waals surface area contributed by atoms with E-state index in [0.717, 1.165) is 6.21 Å². The van der Waals surface area contributed by atoms with Crippen molar-refractivity contribution < 1.29 is 19.1 Å². The Morgan fingerprint density at radius 3 is 2.68 bits per heavy atom. The lowest BCUT2D eigenvalue weighted by molar-refractivity contribution is -0.154. The summed E-state index contributed by atoms with van der Waals surface area (Å²) in [6.07, 6.45) is 2.83. The maximum atomic E-state index is 11.7. The number of carbonyl (C=O) groups is 3. The molecular weight excluding hydrogens is 288 g/mol. The zero-order chi connectivity index (χ0) is 16.8. The number of ether oxygens (including phenoxy) is 1. The predicted molar refractivity (Wildman–Crippen MR) is 80.2 cm³/mol. The van der Waals surface area contributed by atoms with E-state index in [1.807, 2.05) is 0 Å². The summed E-state index contributed by atoms with van der Waals surface area (Å²) in [6, 6.07) is -0.556. The molecule has 22 heavy (non-hydrogen) atoms. The first-order valence-electron chi connectivity index (χ1n) is 7.00. The van der Waals surface area contributed by atoms with Gasteiger partial charge in [0.1, 0.15) is 5.60 Å². The molecular formula is C14H22N4O4. The van der Waals surface area contributed by atoms with Crippen LogP contribution in [0.5, 0.6) is 0 Å². The summed E-state index contributed by atoms with van der Waals surface area (Å²) < 4.78 is 5.16. The van der Waals surface area contributed by atoms with Gasteiger partial charge in [-0.05, 0) is 20.8 Å². The zero-order valence-corrected chi connectivity index (χ0v) is 13.1. The SMILES string of the molecule is CC(C)(C)OC(=O)CCN/C=C(\C=N)N1CCC(=O)NC1=O. The Bertz CT molecular complexity index is 494. The van der Waals surface area contributed by atoms with Crippen LogP contribution >= 0.6 is 0 Å². The van der Waals surface area contributed by atoms with Crippen molar-refractivity contribution in [2.45, 2.75) is 39.2 Å². The first-order valence-corrected chi connectivity index (χ1v) is 7.00. The molecule has 0 bridgehead atoms. The number of nitrogens with one attached hydrogen (secondary N) is 3. The van der Waals surface area contributed by atoms with Crippen molar-refractivity contribution >= 4 is 24.1 Å². The number of nitrogens with zero attached hydrogens (tertiary/aromatic N) is 1. The third-order valence-electron chi connectivity index (χ3n) is 2.66. The van der Waals surface area contributed by atoms with Crippen molar-refractivity contribution in [3.05, 3.63) is 11.9 Å². The maximum absolute atomic E-state index is 11.7. The second-order valence-corrected chi connectivity index (χ2v) is 5.76. The van der Waals surface area contributed by atoms with Crippen molar-refractivity contribution in [2.24, 2.45) is 0 Å². The lowest BCUT2D eigenvalue weighted by atomic mass is 10.2. The van der Waals surface area contributed by atoms with Crippen LogP contribution in [0.1, 0.15) is 33.6 Å². The third-order valence-corrected chi connectivity index (χ3v) is 2.66. The second-order valence-electron chi connectivity index (χ2n) is 5.76. The average molecular weight is 310 g/mol. The van der Waals surface area contributed by atoms with Gasteiger partial charge in [-0.25, -0.2) is 4.79 Å². The van der Waals surface area contributed by atoms with E-state index in [9.17, 15) is 14.4 Å². The van der Waals surface area contributed by atoms with Crippen LogP contribution in [0.15, 0.2) is 11.9 Å². The highest BCUT2D eigenvalue weighted by molar-refractivity contribution is 5.99. The van der Waals surface area contributed by atoms with Gasteiger partial charge in [0, 0.05) is 31.9 Å². The van der Waals surface area contributed by atoms with E-state index < -0.39 is 11.6 Å². The van der Waals surface area contributed by atoms with Gasteiger partial charge in [0.15, 0.2) is 0 Å². The lowest BCUT2D eigenvalue weighted by Crippen LogP contribution is -2.49. The molecule has 3 amide bonds. The number of allylic oxidation sites excluding steroid dienone is 1. The van der Waals surface area contributed by atoms with Gasteiger partial charge in [0.25, 0.3) is 0 Å². The number of rotatable bonds is 6. The van der Waals surface area contributed by atoms with Gasteiger partial charge in [-0.1, -0.05) is 0 Å². The third kappa shape index (κ3) is 5.94. The van der Waals surface area contributed by atoms with Crippen LogP contribution in [-0.4, -0.2) is 47.7 Å². The molecule has 0 aromatic heterocycles. The van der Waals surface area contributed by atoms with E-state index in [2.05, 4.69) is 10.6 Å². The zero-order valence-electron chi connectivity index (χ0n) is 13.1. The van der Waals surface area contributed by atoms with Crippen molar-refractivity contribution in [1.29, 1.82) is 5.41 Å². The number of carbonyl (C=O) groups excluding carboxylic acids is 3. The van der Waals surface area contributed by atoms with Crippen molar-refractivity contribution in [3.8, 4) is 0 Å². The summed E-state index contributed by atoms with van der Waals surface area (Å²) in [6.45, 7) is 5.92. The van der Waals surface area contributed by atoms with Crippen LogP contribution in [0.2, 0.25) is 0 Å². The fraction of sp³-hybridized carbons (Fsp3) is 0.571. The Morgan fingerprint density at radius 2 is 2.14 bits per heavy atom. The number of hydrogen-bond donors (Lipinski definition) is 3. The number of hydrogen-bond acceptors (Lipinski definition) is 6. The first-order chi connectivity index (χ1) is 10.2. The minimum Gasteiger partial charge on any atom is -0.460 e. The Labute approximate surface area is 129 Å². The summed E-state index contributed by atoms with van der Waals surface area (Å²) in [5, 5.41) is 12.4. The number of amides is 3. The van der Waals surface area contributed by atoms with Gasteiger partial charge in [0.05, 0.1) is 12.1 Å². The Kier molecular flexibility index (Phi) is 6.09. The van der Waals surface area contributed by atoms with Crippen molar-refractivity contribution in [3.63, 3.8) is 0 Å². The standard InChI is InChI=1S/C14H22N4O4/c1-14(2,3)22-12(20)4-6-16-9-10(8-15)18-7-5-11(19)17-13(18)21/h8-9,15-16H,4-7H2,1-3H3,(H,17,19,21)/b10-9+,15-8?. The van der Waals surface area contributed by atoms with E-state index in [-0.39, 0.29) is 31.3 Å². The highest BCUT2D eigenvalue weighted by Crippen LogP contribution is 2.09. The number of esters is 1. The second kappa shape index (κ2) is 7.58. The van der Waals surface area contributed by atoms with Crippen molar-refractivity contribution in [1.82, 2.24) is 15.5 Å². The molecule has 3 N–H and O–H groups in total. The fourth-order valence-corrected chi connectivity index (χ4v) is 1.75. The quantitative estimate of drug-likeness (QED) is 0.380. The van der Waals surface area contributed by atoms with Crippen molar-refractivity contribution in [2.75, 3.05) is 13.1 Å². The molecule has 0 aliphatic carbocycles. The van der Waals surface area contributed by atoms with E-state index >= 15 is 0 Å². The van der Waals surface area contributed by atoms with Crippen LogP contribution in [0.25, 0.3) is 0 Å². The summed E-state index contributed by atoms with van der Waals surface area (Å²) in [5.41, 5.74) is -0.208. The van der Waals surface area contributed by atoms with E-state index in [1.54, 1.807) is 20.8 Å². The van der Waals surface area contributed by atoms with Crippen LogP contribution in [0, 0.1) is 5.41 Å². The predicted octanol–water partition coefficient (Wildman–Crippen LogP) is 0.741. The topological polar surface area (TPSA) is 112 Å². The molecule has 0 aromatic rings. The average Bonchev–Trinajstić information content (AvgIpc) is 2.38. The largest absolute Gasteiger partial charge is 0.460 e. The summed E-state index contributed by atoms with van der Waals surface area (Å²) >= 11 is 0. The minimum absolute atomic E-state index is 0.170. The normalized spacial score (nSPS) is 16.1. The monoisotopic (exact) mass is 310 g/mol. The van der Waals surface area contributed by atoms with Gasteiger partial charge in [-0.2, -0.15) is 0 Å². The van der Waals surface area contributed by atoms with Gasteiger partial charge < -0.3 is 15.5 Å². The number of urea groups is 1. The van der Waals surface area contributed by atoms with Gasteiger partial charge in [-0.15, -0.1) is 0 Å². The van der Waals surface area contributed by atoms with E-state index in [1.165, 1.54) is 11.1 Å². The highest BCUT2D eigenvalue weighted by atomic mass is 16.6. The lowest BCUT2D eigenvalue weighted by Gasteiger charge is -2.26. The fourth-order valence-electron chi connectivity index (χ4n) is 1.75. The highest BCUT2D eigenvalue weighted by Gasteiger charge is 2.24. The smallest absolute Gasteiger partial charge is 0.328 e. The summed E-state index contributed by atoms with van der Waals surface area (Å²) in [7, 11) is 0. The molecule has 0 spiro atoms. The molecule has 1 fully saturated rings. The van der Waals surface area contributed by atoms with Crippen LogP contribution < -0.4 is 10.6 Å². The van der Waals surface area contributed by atoms with E-state index in [0.29, 0.717) is 12.2 Å². The molecule has 1 aliphatic heterocycles. The Hall–Kier alpha value is -2.38. The van der Waals surface area contributed by atoms with Gasteiger partial charge in [-0.3, -0.25) is 19.8 Å². The minimum atomic E-state index is -0.556. The molecule has 8 heteroatoms. The van der Waals surface area contributed by atoms with Crippen LogP contribution in [0.4, 0.5) is 4.79 Å². The molecule has 1 heterocycles. The molecule has 122 valence electrons. The first kappa shape index (κ1) is 17.7. The Morgan fingerprint density at radius 1 is 1.45 bits per heavy atom. The molecule has 0 saturated carbocycles. The molecule has 0 aromatic carbocycles. The van der Waals surface area contributed by atoms with Gasteiger partial charge >= 0.3 is 12.0 Å². The molecule has 1 aliphatic rings. The van der Waals surface area contributed by atoms with Crippen LogP contribution in [0.3, 0.4) is 0 Å².